The first-order valence-corrected chi connectivity index (χ1v) is 11.1. The van der Waals surface area contributed by atoms with Crippen molar-refractivity contribution in [3.8, 4) is 22.8 Å². The van der Waals surface area contributed by atoms with Gasteiger partial charge in [0, 0.05) is 23.2 Å². The smallest absolute Gasteiger partial charge is 0.391 e. The molecule has 3 aromatic heterocycles. The second-order valence-corrected chi connectivity index (χ2v) is 8.47. The highest BCUT2D eigenvalue weighted by molar-refractivity contribution is 5.98. The van der Waals surface area contributed by atoms with E-state index < -0.39 is 24.0 Å². The van der Waals surface area contributed by atoms with E-state index in [1.54, 1.807) is 12.3 Å². The molecule has 1 aliphatic rings. The van der Waals surface area contributed by atoms with Crippen LogP contribution in [0.3, 0.4) is 0 Å². The van der Waals surface area contributed by atoms with Crippen molar-refractivity contribution in [2.45, 2.75) is 37.9 Å². The number of pyridine rings is 1. The Morgan fingerprint density at radius 2 is 1.83 bits per heavy atom. The van der Waals surface area contributed by atoms with Gasteiger partial charge in [-0.2, -0.15) is 13.2 Å². The van der Waals surface area contributed by atoms with Gasteiger partial charge < -0.3 is 15.5 Å². The first-order valence-electron chi connectivity index (χ1n) is 11.1. The van der Waals surface area contributed by atoms with Gasteiger partial charge in [0.15, 0.2) is 17.2 Å². The molecule has 0 atom stereocenters. The van der Waals surface area contributed by atoms with Crippen molar-refractivity contribution in [2.24, 2.45) is 5.92 Å². The summed E-state index contributed by atoms with van der Waals surface area (Å²) in [5.41, 5.74) is 8.00. The lowest BCUT2D eigenvalue weighted by Gasteiger charge is -2.30. The molecule has 0 saturated heterocycles. The average molecular weight is 482 g/mol. The number of rotatable bonds is 4. The van der Waals surface area contributed by atoms with E-state index in [1.807, 2.05) is 24.3 Å². The molecule has 1 aliphatic carbocycles. The highest BCUT2D eigenvalue weighted by atomic mass is 19.4. The van der Waals surface area contributed by atoms with Gasteiger partial charge in [0.1, 0.15) is 12.0 Å². The van der Waals surface area contributed by atoms with Crippen LogP contribution < -0.4 is 11.1 Å². The van der Waals surface area contributed by atoms with Gasteiger partial charge in [-0.15, -0.1) is 0 Å². The van der Waals surface area contributed by atoms with E-state index in [2.05, 4.69) is 25.3 Å². The number of hydrogen-bond donors (Lipinski definition) is 2. The normalized spacial score (nSPS) is 18.5. The summed E-state index contributed by atoms with van der Waals surface area (Å²) < 4.78 is 44.3. The second kappa shape index (κ2) is 8.97. The first kappa shape index (κ1) is 22.8. The highest BCUT2D eigenvalue weighted by Crippen LogP contribution is 2.37. The Morgan fingerprint density at radius 3 is 2.54 bits per heavy atom. The molecule has 0 bridgehead atoms. The molecule has 1 saturated carbocycles. The number of hydrogen-bond acceptors (Lipinski definition) is 7. The second-order valence-electron chi connectivity index (χ2n) is 8.47. The number of anilines is 1. The summed E-state index contributed by atoms with van der Waals surface area (Å²) in [6.07, 6.45) is 0.700. The minimum Gasteiger partial charge on any atom is -0.443 e. The molecule has 3 N–H and O–H groups in total. The van der Waals surface area contributed by atoms with Crippen LogP contribution in [0, 0.1) is 5.92 Å². The quantitative estimate of drug-likeness (QED) is 0.430. The number of amides is 1. The molecule has 11 heteroatoms. The van der Waals surface area contributed by atoms with Crippen LogP contribution in [0.1, 0.15) is 36.2 Å². The lowest BCUT2D eigenvalue weighted by molar-refractivity contribution is -0.182. The summed E-state index contributed by atoms with van der Waals surface area (Å²) in [6, 6.07) is 8.77. The molecule has 1 aromatic carbocycles. The number of nitrogens with two attached hydrogens (primary N) is 1. The third-order valence-corrected chi connectivity index (χ3v) is 6.17. The van der Waals surface area contributed by atoms with Crippen molar-refractivity contribution in [3.05, 3.63) is 54.7 Å². The van der Waals surface area contributed by atoms with Crippen LogP contribution in [-0.4, -0.2) is 38.1 Å². The van der Waals surface area contributed by atoms with Gasteiger partial charge in [-0.25, -0.2) is 15.0 Å². The van der Waals surface area contributed by atoms with Crippen LogP contribution >= 0.6 is 0 Å². The number of carbonyl (C=O) groups is 1. The number of halogens is 3. The van der Waals surface area contributed by atoms with Crippen molar-refractivity contribution in [2.75, 3.05) is 5.73 Å². The molecular formula is C24H21F3N6O2. The molecule has 4 aromatic rings. The van der Waals surface area contributed by atoms with E-state index in [-0.39, 0.29) is 48.8 Å². The standard InChI is InChI=1S/C24H21F3N6O2/c25-24(26,27)15-4-6-16(7-5-15)31-22(34)20-21(28)33-19(23-30-10-11-35-23)18(32-20)14-3-8-17-13(12-14)2-1-9-29-17/h1-3,8-12,15-16H,4-7H2,(H2,28,33)(H,31,34). The van der Waals surface area contributed by atoms with Crippen molar-refractivity contribution >= 4 is 22.6 Å². The number of nitrogen functional groups attached to an aromatic ring is 1. The minimum atomic E-state index is -4.22. The molecule has 180 valence electrons. The number of nitrogens with zero attached hydrogens (tertiary/aromatic N) is 4. The summed E-state index contributed by atoms with van der Waals surface area (Å²) in [5, 5.41) is 3.63. The van der Waals surface area contributed by atoms with E-state index in [4.69, 9.17) is 10.2 Å². The average Bonchev–Trinajstić information content (AvgIpc) is 3.38. The maximum absolute atomic E-state index is 13.0. The molecule has 0 spiro atoms. The molecule has 0 aliphatic heterocycles. The van der Waals surface area contributed by atoms with Gasteiger partial charge in [0.2, 0.25) is 5.89 Å². The van der Waals surface area contributed by atoms with Gasteiger partial charge in [-0.3, -0.25) is 9.78 Å². The van der Waals surface area contributed by atoms with Gasteiger partial charge in [-0.1, -0.05) is 12.1 Å². The third-order valence-electron chi connectivity index (χ3n) is 6.17. The summed E-state index contributed by atoms with van der Waals surface area (Å²) in [4.78, 5) is 30.4. The molecule has 8 nitrogen and oxygen atoms in total. The Morgan fingerprint density at radius 1 is 1.03 bits per heavy atom. The van der Waals surface area contributed by atoms with Gasteiger partial charge >= 0.3 is 6.18 Å². The van der Waals surface area contributed by atoms with Crippen molar-refractivity contribution < 1.29 is 22.4 Å². The maximum Gasteiger partial charge on any atom is 0.391 e. The van der Waals surface area contributed by atoms with E-state index in [0.29, 0.717) is 11.3 Å². The van der Waals surface area contributed by atoms with Crippen LogP contribution in [0.5, 0.6) is 0 Å². The lowest BCUT2D eigenvalue weighted by atomic mass is 9.85. The van der Waals surface area contributed by atoms with Crippen LogP contribution in [0.25, 0.3) is 33.7 Å². The van der Waals surface area contributed by atoms with E-state index in [9.17, 15) is 18.0 Å². The molecule has 0 unspecified atom stereocenters. The van der Waals surface area contributed by atoms with Gasteiger partial charge in [0.05, 0.1) is 17.6 Å². The van der Waals surface area contributed by atoms with Crippen molar-refractivity contribution in [1.29, 1.82) is 0 Å². The summed E-state index contributed by atoms with van der Waals surface area (Å²) in [5.74, 6) is -1.88. The van der Waals surface area contributed by atoms with Gasteiger partial charge in [-0.05, 0) is 43.9 Å². The first-order chi connectivity index (χ1) is 16.8. The molecule has 3 heterocycles. The zero-order chi connectivity index (χ0) is 24.6. The summed E-state index contributed by atoms with van der Waals surface area (Å²) in [7, 11) is 0. The summed E-state index contributed by atoms with van der Waals surface area (Å²) >= 11 is 0. The van der Waals surface area contributed by atoms with Gasteiger partial charge in [0.25, 0.3) is 5.91 Å². The summed E-state index contributed by atoms with van der Waals surface area (Å²) in [6.45, 7) is 0. The van der Waals surface area contributed by atoms with Crippen LogP contribution in [0.2, 0.25) is 0 Å². The highest BCUT2D eigenvalue weighted by Gasteiger charge is 2.41. The predicted octanol–water partition coefficient (Wildman–Crippen LogP) is 4.78. The van der Waals surface area contributed by atoms with Crippen LogP contribution in [0.15, 0.2) is 53.4 Å². The van der Waals surface area contributed by atoms with Crippen LogP contribution in [0.4, 0.5) is 19.0 Å². The molecule has 35 heavy (non-hydrogen) atoms. The monoisotopic (exact) mass is 482 g/mol. The third kappa shape index (κ3) is 4.66. The Labute approximate surface area is 197 Å². The van der Waals surface area contributed by atoms with E-state index in [1.165, 1.54) is 12.5 Å². The molecule has 5 rings (SSSR count). The van der Waals surface area contributed by atoms with Crippen molar-refractivity contribution in [1.82, 2.24) is 25.3 Å². The molecule has 1 fully saturated rings. The molecular weight excluding hydrogens is 461 g/mol. The van der Waals surface area contributed by atoms with E-state index in [0.717, 1.165) is 10.9 Å². The maximum atomic E-state index is 13.0. The van der Waals surface area contributed by atoms with Crippen LogP contribution in [-0.2, 0) is 0 Å². The fourth-order valence-electron chi connectivity index (χ4n) is 4.35. The Bertz CT molecular complexity index is 1370. The Hall–Kier alpha value is -4.02. The minimum absolute atomic E-state index is 0.0327. The van der Waals surface area contributed by atoms with Crippen molar-refractivity contribution in [3.63, 3.8) is 0 Å². The van der Waals surface area contributed by atoms with E-state index >= 15 is 0 Å². The predicted molar refractivity (Wildman–Crippen MR) is 122 cm³/mol. The zero-order valence-electron chi connectivity index (χ0n) is 18.4. The molecule has 0 radical (unpaired) electrons. The SMILES string of the molecule is Nc1nc(-c2ncco2)c(-c2ccc3ncccc3c2)nc1C(=O)NC1CCC(C(F)(F)F)CC1. The number of alkyl halides is 3. The number of nitrogens with one attached hydrogen (secondary N) is 1. The molecule has 1 amide bonds. The number of oxazole rings is 1. The number of benzene rings is 1. The fraction of sp³-hybridized carbons (Fsp3) is 0.292. The largest absolute Gasteiger partial charge is 0.443 e. The Kier molecular flexibility index (Phi) is 5.83. The number of aromatic nitrogens is 4. The number of carbonyl (C=O) groups excluding carboxylic acids is 1. The Balaban J connectivity index is 1.47. The fourth-order valence-corrected chi connectivity index (χ4v) is 4.35. The zero-order valence-corrected chi connectivity index (χ0v) is 18.4. The topological polar surface area (TPSA) is 120 Å². The lowest BCUT2D eigenvalue weighted by Crippen LogP contribution is -2.40. The number of fused-ring (bicyclic) bond motifs is 1.